The molecule has 0 saturated heterocycles. The summed E-state index contributed by atoms with van der Waals surface area (Å²) in [5.41, 5.74) is 0.191. The Kier molecular flexibility index (Phi) is 3.89. The van der Waals surface area contributed by atoms with Crippen LogP contribution in [-0.4, -0.2) is 30.9 Å². The standard InChI is InChI=1S/C17H22O4/c1-20-14-7-4-6-13(9-14)17(16(18)19)10-12-5-2-3-8-15(12)21-11-17/h2-3,5,8,13-14H,4,6-7,9-11H2,1H3,(H,18,19). The Hall–Kier alpha value is -1.55. The van der Waals surface area contributed by atoms with Crippen molar-refractivity contribution in [1.29, 1.82) is 0 Å². The zero-order chi connectivity index (χ0) is 14.9. The average Bonchev–Trinajstić information content (AvgIpc) is 2.54. The summed E-state index contributed by atoms with van der Waals surface area (Å²) in [6.07, 6.45) is 4.54. The monoisotopic (exact) mass is 290 g/mol. The van der Waals surface area contributed by atoms with Gasteiger partial charge in [0.05, 0.1) is 6.10 Å². The number of hydrogen-bond acceptors (Lipinski definition) is 3. The predicted octanol–water partition coefficient (Wildman–Crippen LogP) is 2.90. The number of fused-ring (bicyclic) bond motifs is 1. The van der Waals surface area contributed by atoms with Gasteiger partial charge in [0.2, 0.25) is 0 Å². The molecule has 3 atom stereocenters. The summed E-state index contributed by atoms with van der Waals surface area (Å²) < 4.78 is 11.3. The summed E-state index contributed by atoms with van der Waals surface area (Å²) in [6, 6.07) is 7.76. The van der Waals surface area contributed by atoms with Crippen LogP contribution >= 0.6 is 0 Å². The smallest absolute Gasteiger partial charge is 0.313 e. The maximum atomic E-state index is 12.1. The number of ether oxygens (including phenoxy) is 2. The highest BCUT2D eigenvalue weighted by Crippen LogP contribution is 2.46. The minimum absolute atomic E-state index is 0.113. The Morgan fingerprint density at radius 1 is 1.38 bits per heavy atom. The second kappa shape index (κ2) is 5.68. The molecule has 0 amide bonds. The summed E-state index contributed by atoms with van der Waals surface area (Å²) in [5, 5.41) is 9.90. The molecule has 1 N–H and O–H groups in total. The highest BCUT2D eigenvalue weighted by molar-refractivity contribution is 5.76. The van der Waals surface area contributed by atoms with Gasteiger partial charge in [0.1, 0.15) is 17.8 Å². The first-order chi connectivity index (χ1) is 10.2. The van der Waals surface area contributed by atoms with Crippen molar-refractivity contribution in [3.05, 3.63) is 29.8 Å². The van der Waals surface area contributed by atoms with Crippen molar-refractivity contribution < 1.29 is 19.4 Å². The zero-order valence-corrected chi connectivity index (χ0v) is 12.4. The van der Waals surface area contributed by atoms with E-state index in [-0.39, 0.29) is 18.6 Å². The lowest BCUT2D eigenvalue weighted by atomic mass is 9.65. The Balaban J connectivity index is 1.89. The summed E-state index contributed by atoms with van der Waals surface area (Å²) in [5.74, 6) is 0.203. The van der Waals surface area contributed by atoms with Gasteiger partial charge in [-0.3, -0.25) is 4.79 Å². The molecule has 1 aromatic rings. The molecule has 1 fully saturated rings. The van der Waals surface area contributed by atoms with Crippen LogP contribution in [0.4, 0.5) is 0 Å². The lowest BCUT2D eigenvalue weighted by molar-refractivity contribution is -0.159. The molecule has 4 heteroatoms. The minimum atomic E-state index is -0.814. The quantitative estimate of drug-likeness (QED) is 0.930. The minimum Gasteiger partial charge on any atom is -0.492 e. The number of hydrogen-bond donors (Lipinski definition) is 1. The van der Waals surface area contributed by atoms with Crippen molar-refractivity contribution in [2.75, 3.05) is 13.7 Å². The first-order valence-corrected chi connectivity index (χ1v) is 7.62. The molecule has 1 aliphatic carbocycles. The first-order valence-electron chi connectivity index (χ1n) is 7.62. The van der Waals surface area contributed by atoms with Gasteiger partial charge in [0, 0.05) is 7.11 Å². The highest BCUT2D eigenvalue weighted by atomic mass is 16.5. The van der Waals surface area contributed by atoms with Gasteiger partial charge in [-0.05, 0) is 43.2 Å². The first kappa shape index (κ1) is 14.4. The van der Waals surface area contributed by atoms with E-state index in [1.807, 2.05) is 24.3 Å². The lowest BCUT2D eigenvalue weighted by Crippen LogP contribution is -2.49. The van der Waals surface area contributed by atoms with E-state index in [0.29, 0.717) is 6.42 Å². The largest absolute Gasteiger partial charge is 0.492 e. The van der Waals surface area contributed by atoms with Crippen LogP contribution in [0.3, 0.4) is 0 Å². The van der Waals surface area contributed by atoms with Crippen molar-refractivity contribution in [2.24, 2.45) is 11.3 Å². The molecule has 2 aliphatic rings. The number of carbonyl (C=O) groups is 1. The zero-order valence-electron chi connectivity index (χ0n) is 12.4. The number of carboxylic acid groups (broad SMARTS) is 1. The predicted molar refractivity (Wildman–Crippen MR) is 78.5 cm³/mol. The van der Waals surface area contributed by atoms with Crippen LogP contribution in [0.1, 0.15) is 31.2 Å². The van der Waals surface area contributed by atoms with Gasteiger partial charge in [0.25, 0.3) is 0 Å². The van der Waals surface area contributed by atoms with E-state index in [1.54, 1.807) is 7.11 Å². The van der Waals surface area contributed by atoms with Gasteiger partial charge < -0.3 is 14.6 Å². The summed E-state index contributed by atoms with van der Waals surface area (Å²) >= 11 is 0. The van der Waals surface area contributed by atoms with Crippen LogP contribution in [0, 0.1) is 11.3 Å². The molecule has 114 valence electrons. The fourth-order valence-electron chi connectivity index (χ4n) is 3.82. The maximum Gasteiger partial charge on any atom is 0.313 e. The van der Waals surface area contributed by atoms with Crippen molar-refractivity contribution in [3.8, 4) is 5.75 Å². The number of methoxy groups -OCH3 is 1. The van der Waals surface area contributed by atoms with Gasteiger partial charge in [-0.2, -0.15) is 0 Å². The van der Waals surface area contributed by atoms with Crippen LogP contribution < -0.4 is 4.74 Å². The van der Waals surface area contributed by atoms with Crippen molar-refractivity contribution in [2.45, 2.75) is 38.2 Å². The fourth-order valence-corrected chi connectivity index (χ4v) is 3.82. The molecular formula is C17H22O4. The van der Waals surface area contributed by atoms with Gasteiger partial charge in [0.15, 0.2) is 0 Å². The van der Waals surface area contributed by atoms with Gasteiger partial charge in [-0.25, -0.2) is 0 Å². The third-order valence-corrected chi connectivity index (χ3v) is 5.13. The number of carboxylic acids is 1. The number of para-hydroxylation sites is 1. The molecule has 1 aromatic carbocycles. The Morgan fingerprint density at radius 2 is 2.19 bits per heavy atom. The third-order valence-electron chi connectivity index (χ3n) is 5.13. The summed E-state index contributed by atoms with van der Waals surface area (Å²) in [4.78, 5) is 12.1. The topological polar surface area (TPSA) is 55.8 Å². The molecule has 0 bridgehead atoms. The van der Waals surface area contributed by atoms with Gasteiger partial charge in [-0.1, -0.05) is 24.6 Å². The molecule has 1 saturated carbocycles. The van der Waals surface area contributed by atoms with Crippen molar-refractivity contribution in [1.82, 2.24) is 0 Å². The second-order valence-corrected chi connectivity index (χ2v) is 6.26. The Labute approximate surface area is 125 Å². The van der Waals surface area contributed by atoms with Crippen LogP contribution in [0.15, 0.2) is 24.3 Å². The van der Waals surface area contributed by atoms with Crippen LogP contribution in [-0.2, 0) is 16.0 Å². The molecule has 0 spiro atoms. The molecule has 0 radical (unpaired) electrons. The van der Waals surface area contributed by atoms with Gasteiger partial charge >= 0.3 is 5.97 Å². The van der Waals surface area contributed by atoms with E-state index in [4.69, 9.17) is 9.47 Å². The lowest BCUT2D eigenvalue weighted by Gasteiger charge is -2.43. The van der Waals surface area contributed by atoms with E-state index in [2.05, 4.69) is 0 Å². The molecule has 0 aromatic heterocycles. The molecular weight excluding hydrogens is 268 g/mol. The Morgan fingerprint density at radius 3 is 2.95 bits per heavy atom. The number of benzene rings is 1. The molecule has 3 rings (SSSR count). The molecule has 21 heavy (non-hydrogen) atoms. The van der Waals surface area contributed by atoms with E-state index in [0.717, 1.165) is 37.0 Å². The van der Waals surface area contributed by atoms with E-state index >= 15 is 0 Å². The van der Waals surface area contributed by atoms with Crippen LogP contribution in [0.25, 0.3) is 0 Å². The maximum absolute atomic E-state index is 12.1. The van der Waals surface area contributed by atoms with Crippen molar-refractivity contribution >= 4 is 5.97 Å². The van der Waals surface area contributed by atoms with E-state index in [1.165, 1.54) is 0 Å². The second-order valence-electron chi connectivity index (χ2n) is 6.26. The normalized spacial score (nSPS) is 32.0. The molecule has 3 unspecified atom stereocenters. The molecule has 1 aliphatic heterocycles. The highest BCUT2D eigenvalue weighted by Gasteiger charge is 2.50. The average molecular weight is 290 g/mol. The van der Waals surface area contributed by atoms with E-state index in [9.17, 15) is 9.90 Å². The summed E-state index contributed by atoms with van der Waals surface area (Å²) in [6.45, 7) is 0.264. The van der Waals surface area contributed by atoms with Crippen molar-refractivity contribution in [3.63, 3.8) is 0 Å². The third kappa shape index (κ3) is 2.53. The summed E-state index contributed by atoms with van der Waals surface area (Å²) in [7, 11) is 1.72. The van der Waals surface area contributed by atoms with Gasteiger partial charge in [-0.15, -0.1) is 0 Å². The molecule has 4 nitrogen and oxygen atoms in total. The number of rotatable bonds is 3. The molecule has 1 heterocycles. The van der Waals surface area contributed by atoms with E-state index < -0.39 is 11.4 Å². The Bertz CT molecular complexity index is 527. The van der Waals surface area contributed by atoms with Crippen LogP contribution in [0.5, 0.6) is 5.75 Å². The SMILES string of the molecule is COC1CCCC(C2(C(=O)O)COc3ccccc3C2)C1. The number of aliphatic carboxylic acids is 1. The fraction of sp³-hybridized carbons (Fsp3) is 0.588. The van der Waals surface area contributed by atoms with Crippen LogP contribution in [0.2, 0.25) is 0 Å².